The first kappa shape index (κ1) is 43.6. The molecule has 0 atom stereocenters. The smallest absolute Gasteiger partial charge is 0.267 e. The molecule has 0 saturated carbocycles. The zero-order chi connectivity index (χ0) is 28.5. The Morgan fingerprint density at radius 3 is 1.02 bits per heavy atom. The predicted octanol–water partition coefficient (Wildman–Crippen LogP) is 11.6. The summed E-state index contributed by atoms with van der Waals surface area (Å²) in [6.45, 7) is 2.45. The third kappa shape index (κ3) is 37.5. The normalized spacial score (nSPS) is 11.7. The average Bonchev–Trinajstić information content (AvgIpc) is 2.92. The average molecular weight is 616 g/mol. The largest absolute Gasteiger partial charge is 0.270 e. The molecule has 1 radical (unpaired) electrons. The molecule has 0 bridgehead atoms. The van der Waals surface area contributed by atoms with E-state index in [1.54, 1.807) is 0 Å². The van der Waals surface area contributed by atoms with E-state index in [-0.39, 0.29) is 63.8 Å². The molecule has 0 rings (SSSR count). The van der Waals surface area contributed by atoms with Gasteiger partial charge in [-0.15, -0.1) is 0 Å². The van der Waals surface area contributed by atoms with E-state index in [0.29, 0.717) is 19.4 Å². The number of hydrogen-bond donors (Lipinski definition) is 0. The Hall–Kier alpha value is 1.48. The van der Waals surface area contributed by atoms with Gasteiger partial charge in [0.2, 0.25) is 0 Å². The second-order valence-electron chi connectivity index (χ2n) is 12.0. The fourth-order valence-corrected chi connectivity index (χ4v) is 6.44. The van der Waals surface area contributed by atoms with Gasteiger partial charge in [-0.2, -0.15) is 8.42 Å². The van der Waals surface area contributed by atoms with Crippen molar-refractivity contribution in [2.24, 2.45) is 0 Å². The Kier molecular flexibility index (Phi) is 40.0. The first-order chi connectivity index (χ1) is 19.1. The Labute approximate surface area is 294 Å². The van der Waals surface area contributed by atoms with Crippen LogP contribution in [-0.4, -0.2) is 78.8 Å². The van der Waals surface area contributed by atoms with Gasteiger partial charge in [-0.3, -0.25) is 8.57 Å². The van der Waals surface area contributed by atoms with Crippen molar-refractivity contribution in [2.45, 2.75) is 200 Å². The van der Waals surface area contributed by atoms with Crippen LogP contribution >= 0.6 is 0 Å². The minimum absolute atomic E-state index is 0. The molecule has 0 heterocycles. The molecule has 0 spiro atoms. The van der Waals surface area contributed by atoms with Crippen LogP contribution in [0.1, 0.15) is 200 Å². The first-order valence-electron chi connectivity index (χ1n) is 17.6. The van der Waals surface area contributed by atoms with Crippen molar-refractivity contribution >= 4 is 61.5 Å². The van der Waals surface area contributed by atoms with Crippen molar-refractivity contribution in [3.05, 3.63) is 0 Å². The van der Waals surface area contributed by atoms with Crippen LogP contribution in [0.15, 0.2) is 0 Å². The van der Waals surface area contributed by atoms with Gasteiger partial charge >= 0.3 is 0 Å². The zero-order valence-corrected chi connectivity index (χ0v) is 31.3. The zero-order valence-electron chi connectivity index (χ0n) is 27.3. The van der Waals surface area contributed by atoms with E-state index in [9.17, 15) is 12.8 Å². The molecule has 0 aliphatic heterocycles. The van der Waals surface area contributed by atoms with Crippen LogP contribution in [0.4, 0.5) is 4.39 Å². The number of hydrogen-bond acceptors (Lipinski definition) is 3. The monoisotopic (exact) mass is 615 g/mol. The number of alkyl halides is 1. The molecule has 0 aliphatic carbocycles. The molecular formula is C34H69FKO3S. The summed E-state index contributed by atoms with van der Waals surface area (Å²) in [5.41, 5.74) is 0. The van der Waals surface area contributed by atoms with E-state index in [2.05, 4.69) is 6.92 Å². The van der Waals surface area contributed by atoms with Crippen LogP contribution in [0.25, 0.3) is 0 Å². The van der Waals surface area contributed by atoms with Crippen LogP contribution in [0.2, 0.25) is 0 Å². The molecule has 0 unspecified atom stereocenters. The molecule has 0 aromatic rings. The third-order valence-corrected chi connectivity index (χ3v) is 9.35. The van der Waals surface area contributed by atoms with Gasteiger partial charge in [-0.25, -0.2) is 0 Å². The molecule has 0 amide bonds. The van der Waals surface area contributed by atoms with Crippen molar-refractivity contribution in [2.75, 3.05) is 19.0 Å². The molecule has 0 saturated heterocycles. The van der Waals surface area contributed by atoms with Gasteiger partial charge in [-0.05, 0) is 19.3 Å². The molecule has 3 nitrogen and oxygen atoms in total. The molecule has 0 aromatic carbocycles. The van der Waals surface area contributed by atoms with E-state index < -0.39 is 10.1 Å². The van der Waals surface area contributed by atoms with Crippen LogP contribution in [-0.2, 0) is 14.3 Å². The summed E-state index contributed by atoms with van der Waals surface area (Å²) in [7, 11) is -3.35. The van der Waals surface area contributed by atoms with Gasteiger partial charge in [0.05, 0.1) is 19.0 Å². The van der Waals surface area contributed by atoms with Crippen molar-refractivity contribution in [3.8, 4) is 0 Å². The summed E-state index contributed by atoms with van der Waals surface area (Å²) in [5, 5.41) is 0. The molecule has 0 aromatic heterocycles. The van der Waals surface area contributed by atoms with Gasteiger partial charge in [0, 0.05) is 51.4 Å². The van der Waals surface area contributed by atoms with E-state index in [4.69, 9.17) is 4.18 Å². The van der Waals surface area contributed by atoms with Gasteiger partial charge < -0.3 is 0 Å². The molecule has 40 heavy (non-hydrogen) atoms. The Morgan fingerprint density at radius 2 is 0.700 bits per heavy atom. The first-order valence-corrected chi connectivity index (χ1v) is 19.1. The predicted molar refractivity (Wildman–Crippen MR) is 176 cm³/mol. The van der Waals surface area contributed by atoms with Crippen molar-refractivity contribution in [1.82, 2.24) is 0 Å². The van der Waals surface area contributed by atoms with Crippen molar-refractivity contribution in [1.29, 1.82) is 0 Å². The maximum atomic E-state index is 12.0. The van der Waals surface area contributed by atoms with Crippen LogP contribution in [0, 0.1) is 0 Å². The van der Waals surface area contributed by atoms with Crippen molar-refractivity contribution in [3.63, 3.8) is 0 Å². The molecular weight excluding hydrogens is 547 g/mol. The topological polar surface area (TPSA) is 43.4 Å². The standard InChI is InChI=1S/C34H69FO3S.K/c1-2-3-4-5-6-7-8-9-10-11-12-13-14-15-16-18-21-24-27-30-33-38-39(36,37)34-31-28-25-22-19-17-20-23-26-29-32-35;/h2-34H2,1H3;. The van der Waals surface area contributed by atoms with Crippen LogP contribution in [0.5, 0.6) is 0 Å². The van der Waals surface area contributed by atoms with E-state index >= 15 is 0 Å². The maximum absolute atomic E-state index is 12.0. The van der Waals surface area contributed by atoms with Crippen molar-refractivity contribution < 1.29 is 17.0 Å². The van der Waals surface area contributed by atoms with Gasteiger partial charge in [0.15, 0.2) is 0 Å². The second kappa shape index (κ2) is 36.7. The number of unbranched alkanes of at least 4 members (excludes halogenated alkanes) is 28. The SMILES string of the molecule is CCCCCCCCCCCCCCCCCCCCCCOS(=O)(=O)CCCCCCCCCCCCF.[K]. The van der Waals surface area contributed by atoms with Gasteiger partial charge in [-0.1, -0.05) is 180 Å². The molecule has 0 fully saturated rings. The third-order valence-electron chi connectivity index (χ3n) is 8.04. The quantitative estimate of drug-likeness (QED) is 0.0411. The van der Waals surface area contributed by atoms with Crippen LogP contribution in [0.3, 0.4) is 0 Å². The summed E-state index contributed by atoms with van der Waals surface area (Å²) in [6, 6.07) is 0. The van der Waals surface area contributed by atoms with Gasteiger partial charge in [0.25, 0.3) is 10.1 Å². The fraction of sp³-hybridized carbons (Fsp3) is 1.00. The second-order valence-corrected chi connectivity index (χ2v) is 13.8. The van der Waals surface area contributed by atoms with Crippen LogP contribution < -0.4 is 0 Å². The summed E-state index contributed by atoms with van der Waals surface area (Å²) in [4.78, 5) is 0. The molecule has 0 aliphatic rings. The molecule has 0 N–H and O–H groups in total. The Morgan fingerprint density at radius 1 is 0.425 bits per heavy atom. The molecule has 6 heteroatoms. The van der Waals surface area contributed by atoms with E-state index in [0.717, 1.165) is 38.5 Å². The minimum Gasteiger partial charge on any atom is -0.270 e. The molecule has 237 valence electrons. The number of rotatable bonds is 34. The summed E-state index contributed by atoms with van der Waals surface area (Å²) >= 11 is 0. The summed E-state index contributed by atoms with van der Waals surface area (Å²) in [5.74, 6) is 0.162. The number of halogens is 1. The van der Waals surface area contributed by atoms with Gasteiger partial charge in [0.1, 0.15) is 0 Å². The Balaban J connectivity index is 0. The van der Waals surface area contributed by atoms with E-state index in [1.165, 1.54) is 141 Å². The fourth-order valence-electron chi connectivity index (χ4n) is 5.39. The summed E-state index contributed by atoms with van der Waals surface area (Å²) < 4.78 is 41.3. The summed E-state index contributed by atoms with van der Waals surface area (Å²) in [6.07, 6.45) is 37.3. The maximum Gasteiger partial charge on any atom is 0.267 e. The Bertz CT molecular complexity index is 559. The minimum atomic E-state index is -3.35. The van der Waals surface area contributed by atoms with E-state index in [1.807, 2.05) is 0 Å².